The number of nitrogens with one attached hydrogen (secondary N) is 1. The second kappa shape index (κ2) is 6.74. The van der Waals surface area contributed by atoms with Crippen LogP contribution in [0.4, 0.5) is 0 Å². The molecule has 1 amide bonds. The Kier molecular flexibility index (Phi) is 5.00. The number of aliphatic hydroxyl groups excluding tert-OH is 1. The Morgan fingerprint density at radius 3 is 2.95 bits per heavy atom. The van der Waals surface area contributed by atoms with E-state index in [-0.39, 0.29) is 18.6 Å². The highest BCUT2D eigenvalue weighted by atomic mass is 32.1. The number of hydrogen-bond donors (Lipinski definition) is 2. The van der Waals surface area contributed by atoms with E-state index in [1.165, 1.54) is 37.0 Å². The summed E-state index contributed by atoms with van der Waals surface area (Å²) in [5.41, 5.74) is 0. The van der Waals surface area contributed by atoms with Crippen molar-refractivity contribution in [1.29, 1.82) is 0 Å². The third-order valence-corrected chi connectivity index (χ3v) is 4.59. The zero-order valence-electron chi connectivity index (χ0n) is 11.1. The van der Waals surface area contributed by atoms with Gasteiger partial charge in [0.1, 0.15) is 6.61 Å². The Bertz CT molecular complexity index is 492. The largest absolute Gasteiger partial charge is 0.384 e. The first-order chi connectivity index (χ1) is 9.20. The Morgan fingerprint density at radius 1 is 1.53 bits per heavy atom. The van der Waals surface area contributed by atoms with Crippen LogP contribution in [-0.4, -0.2) is 23.7 Å². The van der Waals surface area contributed by atoms with Gasteiger partial charge < -0.3 is 10.4 Å². The molecule has 1 aliphatic rings. The number of rotatable bonds is 3. The maximum Gasteiger partial charge on any atom is 0.261 e. The Hall–Kier alpha value is -1.31. The fraction of sp³-hybridized carbons (Fsp3) is 0.533. The number of carbonyl (C=O) groups is 1. The molecule has 0 radical (unpaired) electrons. The molecule has 1 heterocycles. The second-order valence-electron chi connectivity index (χ2n) is 4.93. The molecule has 1 saturated carbocycles. The molecule has 1 atom stereocenters. The molecule has 1 unspecified atom stereocenters. The van der Waals surface area contributed by atoms with Crippen molar-refractivity contribution in [3.63, 3.8) is 0 Å². The van der Waals surface area contributed by atoms with Crippen LogP contribution < -0.4 is 5.32 Å². The topological polar surface area (TPSA) is 49.3 Å². The molecule has 4 heteroatoms. The summed E-state index contributed by atoms with van der Waals surface area (Å²) in [7, 11) is 0. The quantitative estimate of drug-likeness (QED) is 0.834. The van der Waals surface area contributed by atoms with Crippen LogP contribution in [-0.2, 0) is 0 Å². The molecule has 0 bridgehead atoms. The molecule has 2 rings (SSSR count). The molecule has 102 valence electrons. The van der Waals surface area contributed by atoms with E-state index in [1.54, 1.807) is 6.07 Å². The standard InChI is InChI=1S/C15H19NO2S/c1-11(12-5-2-3-6-12)16-15(18)14-9-8-13(19-14)7-4-10-17/h8-9,11-12,17H,2-3,5-6,10H2,1H3,(H,16,18). The van der Waals surface area contributed by atoms with Gasteiger partial charge in [-0.1, -0.05) is 24.7 Å². The first kappa shape index (κ1) is 14.1. The molecule has 3 nitrogen and oxygen atoms in total. The van der Waals surface area contributed by atoms with Gasteiger partial charge in [-0.15, -0.1) is 11.3 Å². The molecule has 2 N–H and O–H groups in total. The van der Waals surface area contributed by atoms with Gasteiger partial charge in [-0.2, -0.15) is 0 Å². The van der Waals surface area contributed by atoms with Gasteiger partial charge in [0.05, 0.1) is 9.75 Å². The van der Waals surface area contributed by atoms with Crippen LogP contribution >= 0.6 is 11.3 Å². The Morgan fingerprint density at radius 2 is 2.26 bits per heavy atom. The lowest BCUT2D eigenvalue weighted by molar-refractivity contribution is 0.0931. The summed E-state index contributed by atoms with van der Waals surface area (Å²) in [6.07, 6.45) is 5.01. The van der Waals surface area contributed by atoms with E-state index < -0.39 is 0 Å². The van der Waals surface area contributed by atoms with Crippen molar-refractivity contribution in [1.82, 2.24) is 5.32 Å². The summed E-state index contributed by atoms with van der Waals surface area (Å²) in [5.74, 6) is 6.01. The molecule has 1 aliphatic carbocycles. The highest BCUT2D eigenvalue weighted by Crippen LogP contribution is 2.27. The van der Waals surface area contributed by atoms with Crippen LogP contribution in [0.3, 0.4) is 0 Å². The minimum Gasteiger partial charge on any atom is -0.384 e. The number of amides is 1. The molecule has 0 spiro atoms. The minimum absolute atomic E-state index is 0.0125. The van der Waals surface area contributed by atoms with Crippen LogP contribution in [0.1, 0.15) is 47.2 Å². The average Bonchev–Trinajstić information content (AvgIpc) is 3.07. The number of thiophene rings is 1. The normalized spacial score (nSPS) is 16.7. The van der Waals surface area contributed by atoms with Gasteiger partial charge in [-0.3, -0.25) is 4.79 Å². The van der Waals surface area contributed by atoms with E-state index in [9.17, 15) is 4.79 Å². The molecule has 1 aromatic rings. The van der Waals surface area contributed by atoms with Gasteiger partial charge in [-0.05, 0) is 37.8 Å². The third-order valence-electron chi connectivity index (χ3n) is 3.59. The highest BCUT2D eigenvalue weighted by molar-refractivity contribution is 7.14. The molecular formula is C15H19NO2S. The predicted molar refractivity (Wildman–Crippen MR) is 77.2 cm³/mol. The zero-order chi connectivity index (χ0) is 13.7. The van der Waals surface area contributed by atoms with Gasteiger partial charge in [0.2, 0.25) is 0 Å². The first-order valence-electron chi connectivity index (χ1n) is 6.71. The molecule has 1 fully saturated rings. The molecule has 1 aromatic heterocycles. The van der Waals surface area contributed by atoms with Gasteiger partial charge in [0.15, 0.2) is 0 Å². The average molecular weight is 277 g/mol. The van der Waals surface area contributed by atoms with Crippen LogP contribution in [0, 0.1) is 17.8 Å². The Balaban J connectivity index is 1.93. The molecular weight excluding hydrogens is 258 g/mol. The van der Waals surface area contributed by atoms with Gasteiger partial charge in [-0.25, -0.2) is 0 Å². The molecule has 0 saturated heterocycles. The third kappa shape index (κ3) is 3.82. The van der Waals surface area contributed by atoms with Crippen LogP contribution in [0.15, 0.2) is 12.1 Å². The number of carbonyl (C=O) groups excluding carboxylic acids is 1. The monoisotopic (exact) mass is 277 g/mol. The Labute approximate surface area is 118 Å². The fourth-order valence-electron chi connectivity index (χ4n) is 2.51. The smallest absolute Gasteiger partial charge is 0.261 e. The number of aliphatic hydroxyl groups is 1. The molecule has 19 heavy (non-hydrogen) atoms. The van der Waals surface area contributed by atoms with Gasteiger partial charge in [0, 0.05) is 6.04 Å². The predicted octanol–water partition coefficient (Wildman–Crippen LogP) is 2.40. The lowest BCUT2D eigenvalue weighted by atomic mass is 10.00. The van der Waals surface area contributed by atoms with Crippen molar-refractivity contribution in [3.8, 4) is 11.8 Å². The van der Waals surface area contributed by atoms with Crippen molar-refractivity contribution in [2.24, 2.45) is 5.92 Å². The second-order valence-corrected chi connectivity index (χ2v) is 6.01. The van der Waals surface area contributed by atoms with Crippen molar-refractivity contribution < 1.29 is 9.90 Å². The minimum atomic E-state index is -0.155. The van der Waals surface area contributed by atoms with E-state index in [2.05, 4.69) is 24.1 Å². The maximum atomic E-state index is 12.1. The van der Waals surface area contributed by atoms with Crippen LogP contribution in [0.25, 0.3) is 0 Å². The van der Waals surface area contributed by atoms with Crippen LogP contribution in [0.2, 0.25) is 0 Å². The summed E-state index contributed by atoms with van der Waals surface area (Å²) in [6.45, 7) is 1.94. The maximum absolute atomic E-state index is 12.1. The van der Waals surface area contributed by atoms with E-state index >= 15 is 0 Å². The summed E-state index contributed by atoms with van der Waals surface area (Å²) in [4.78, 5) is 13.6. The van der Waals surface area contributed by atoms with E-state index in [1.807, 2.05) is 6.07 Å². The van der Waals surface area contributed by atoms with Gasteiger partial charge >= 0.3 is 0 Å². The number of hydrogen-bond acceptors (Lipinski definition) is 3. The lowest BCUT2D eigenvalue weighted by Gasteiger charge is -2.19. The van der Waals surface area contributed by atoms with E-state index in [0.29, 0.717) is 10.8 Å². The zero-order valence-corrected chi connectivity index (χ0v) is 11.9. The summed E-state index contributed by atoms with van der Waals surface area (Å²) in [6, 6.07) is 3.86. The van der Waals surface area contributed by atoms with Crippen molar-refractivity contribution in [2.45, 2.75) is 38.6 Å². The van der Waals surface area contributed by atoms with Crippen molar-refractivity contribution >= 4 is 17.2 Å². The fourth-order valence-corrected chi connectivity index (χ4v) is 3.29. The van der Waals surface area contributed by atoms with E-state index in [4.69, 9.17) is 5.11 Å². The summed E-state index contributed by atoms with van der Waals surface area (Å²) in [5, 5.41) is 11.7. The lowest BCUT2D eigenvalue weighted by Crippen LogP contribution is -2.36. The van der Waals surface area contributed by atoms with Gasteiger partial charge in [0.25, 0.3) is 5.91 Å². The molecule has 0 aromatic carbocycles. The van der Waals surface area contributed by atoms with Crippen molar-refractivity contribution in [3.05, 3.63) is 21.9 Å². The highest BCUT2D eigenvalue weighted by Gasteiger charge is 2.23. The SMILES string of the molecule is CC(NC(=O)c1ccc(C#CCO)s1)C1CCCC1. The first-order valence-corrected chi connectivity index (χ1v) is 7.53. The van der Waals surface area contributed by atoms with Crippen molar-refractivity contribution in [2.75, 3.05) is 6.61 Å². The molecule has 0 aliphatic heterocycles. The van der Waals surface area contributed by atoms with E-state index in [0.717, 1.165) is 4.88 Å². The summed E-state index contributed by atoms with van der Waals surface area (Å²) < 4.78 is 0. The summed E-state index contributed by atoms with van der Waals surface area (Å²) >= 11 is 1.37. The van der Waals surface area contributed by atoms with Crippen LogP contribution in [0.5, 0.6) is 0 Å².